The van der Waals surface area contributed by atoms with Gasteiger partial charge in [-0.3, -0.25) is 0 Å². The maximum atomic E-state index is 13.9. The van der Waals surface area contributed by atoms with Gasteiger partial charge in [0.15, 0.2) is 0 Å². The molecule has 6 nitrogen and oxygen atoms in total. The average molecular weight is 422 g/mol. The highest BCUT2D eigenvalue weighted by atomic mass is 19.1. The SMILES string of the molecule is Nc1ccc(F)c(C(O)C(O)CNC(=O)OCC2c3ccccc3-c3ccccc32)c1. The number of nitrogens with one attached hydrogen (secondary N) is 1. The Morgan fingerprint density at radius 3 is 2.29 bits per heavy atom. The summed E-state index contributed by atoms with van der Waals surface area (Å²) in [7, 11) is 0. The number of halogens is 1. The number of nitrogens with two attached hydrogens (primary N) is 1. The highest BCUT2D eigenvalue weighted by Crippen LogP contribution is 2.44. The molecule has 3 aromatic carbocycles. The standard InChI is InChI=1S/C24H23FN2O4/c25-21-10-9-14(26)11-19(21)23(29)22(28)12-27-24(30)31-13-20-17-7-3-1-5-15(17)16-6-2-4-8-18(16)20/h1-11,20,22-23,28-29H,12-13,26H2,(H,27,30). The third kappa shape index (κ3) is 4.23. The second kappa shape index (κ2) is 8.75. The molecule has 1 aliphatic carbocycles. The van der Waals surface area contributed by atoms with Crippen LogP contribution in [0.25, 0.3) is 11.1 Å². The van der Waals surface area contributed by atoms with Crippen LogP contribution in [-0.4, -0.2) is 35.6 Å². The van der Waals surface area contributed by atoms with E-state index in [4.69, 9.17) is 10.5 Å². The minimum atomic E-state index is -1.54. The van der Waals surface area contributed by atoms with Gasteiger partial charge in [-0.15, -0.1) is 0 Å². The van der Waals surface area contributed by atoms with E-state index in [-0.39, 0.29) is 30.3 Å². The van der Waals surface area contributed by atoms with Gasteiger partial charge in [-0.25, -0.2) is 9.18 Å². The normalized spacial score (nSPS) is 14.4. The van der Waals surface area contributed by atoms with Gasteiger partial charge in [0, 0.05) is 23.7 Å². The summed E-state index contributed by atoms with van der Waals surface area (Å²) < 4.78 is 19.3. The number of carbonyl (C=O) groups is 1. The molecule has 2 atom stereocenters. The van der Waals surface area contributed by atoms with E-state index in [1.54, 1.807) is 0 Å². The van der Waals surface area contributed by atoms with Crippen LogP contribution in [0.4, 0.5) is 14.9 Å². The highest BCUT2D eigenvalue weighted by Gasteiger charge is 2.29. The van der Waals surface area contributed by atoms with Gasteiger partial charge in [-0.2, -0.15) is 0 Å². The lowest BCUT2D eigenvalue weighted by atomic mass is 9.98. The highest BCUT2D eigenvalue weighted by molar-refractivity contribution is 5.79. The number of carbonyl (C=O) groups excluding carboxylic acids is 1. The fourth-order valence-corrected chi connectivity index (χ4v) is 3.95. The number of hydrogen-bond acceptors (Lipinski definition) is 5. The van der Waals surface area contributed by atoms with Crippen molar-refractivity contribution >= 4 is 11.8 Å². The van der Waals surface area contributed by atoms with Crippen LogP contribution in [0.1, 0.15) is 28.7 Å². The van der Waals surface area contributed by atoms with E-state index in [2.05, 4.69) is 5.32 Å². The number of aliphatic hydroxyl groups is 2. The van der Waals surface area contributed by atoms with Crippen LogP contribution < -0.4 is 11.1 Å². The first-order chi connectivity index (χ1) is 15.0. The zero-order valence-electron chi connectivity index (χ0n) is 16.7. The Hall–Kier alpha value is -3.42. The molecular weight excluding hydrogens is 399 g/mol. The average Bonchev–Trinajstić information content (AvgIpc) is 3.11. The summed E-state index contributed by atoms with van der Waals surface area (Å²) in [6.07, 6.45) is -3.71. The van der Waals surface area contributed by atoms with Gasteiger partial charge in [-0.05, 0) is 40.5 Å². The van der Waals surface area contributed by atoms with Gasteiger partial charge in [0.2, 0.25) is 0 Å². The van der Waals surface area contributed by atoms with Crippen LogP contribution in [-0.2, 0) is 4.74 Å². The number of alkyl carbamates (subject to hydrolysis) is 1. The number of nitrogen functional groups attached to an aromatic ring is 1. The van der Waals surface area contributed by atoms with Crippen molar-refractivity contribution in [1.82, 2.24) is 5.32 Å². The summed E-state index contributed by atoms with van der Waals surface area (Å²) >= 11 is 0. The molecule has 0 fully saturated rings. The van der Waals surface area contributed by atoms with Gasteiger partial charge >= 0.3 is 6.09 Å². The molecule has 3 aromatic rings. The monoisotopic (exact) mass is 422 g/mol. The van der Waals surface area contributed by atoms with Crippen molar-refractivity contribution in [3.8, 4) is 11.1 Å². The largest absolute Gasteiger partial charge is 0.449 e. The molecule has 0 aliphatic heterocycles. The van der Waals surface area contributed by atoms with E-state index in [9.17, 15) is 19.4 Å². The van der Waals surface area contributed by atoms with E-state index in [0.717, 1.165) is 28.3 Å². The molecule has 2 unspecified atom stereocenters. The summed E-state index contributed by atoms with van der Waals surface area (Å²) in [6.45, 7) is -0.186. The molecule has 7 heteroatoms. The summed E-state index contributed by atoms with van der Waals surface area (Å²) in [5.41, 5.74) is 10.1. The predicted molar refractivity (Wildman–Crippen MR) is 115 cm³/mol. The van der Waals surface area contributed by atoms with E-state index in [0.29, 0.717) is 0 Å². The molecule has 31 heavy (non-hydrogen) atoms. The van der Waals surface area contributed by atoms with Crippen molar-refractivity contribution < 1.29 is 24.1 Å². The molecule has 0 saturated carbocycles. The Balaban J connectivity index is 1.35. The summed E-state index contributed by atoms with van der Waals surface area (Å²) in [4.78, 5) is 12.2. The molecule has 0 heterocycles. The summed E-state index contributed by atoms with van der Waals surface area (Å²) in [5.74, 6) is -0.781. The van der Waals surface area contributed by atoms with Crippen LogP contribution in [0, 0.1) is 5.82 Å². The number of amides is 1. The number of benzene rings is 3. The van der Waals surface area contributed by atoms with E-state index >= 15 is 0 Å². The van der Waals surface area contributed by atoms with Crippen LogP contribution in [0.15, 0.2) is 66.7 Å². The molecule has 4 rings (SSSR count). The first-order valence-electron chi connectivity index (χ1n) is 9.95. The maximum Gasteiger partial charge on any atom is 0.407 e. The minimum Gasteiger partial charge on any atom is -0.449 e. The molecule has 0 saturated heterocycles. The predicted octanol–water partition coefficient (Wildman–Crippen LogP) is 3.34. The smallest absolute Gasteiger partial charge is 0.407 e. The molecule has 1 amide bonds. The molecule has 5 N–H and O–H groups in total. The van der Waals surface area contributed by atoms with Crippen molar-refractivity contribution in [2.75, 3.05) is 18.9 Å². The lowest BCUT2D eigenvalue weighted by molar-refractivity contribution is 0.0166. The number of hydrogen-bond donors (Lipinski definition) is 4. The quantitative estimate of drug-likeness (QED) is 0.456. The number of rotatable bonds is 6. The Morgan fingerprint density at radius 2 is 1.65 bits per heavy atom. The number of ether oxygens (including phenoxy) is 1. The first-order valence-corrected chi connectivity index (χ1v) is 9.95. The van der Waals surface area contributed by atoms with E-state index in [1.165, 1.54) is 12.1 Å². The Bertz CT molecular complexity index is 1060. The first kappa shape index (κ1) is 20.8. The summed E-state index contributed by atoms with van der Waals surface area (Å²) in [5, 5.41) is 22.8. The van der Waals surface area contributed by atoms with Crippen molar-refractivity contribution in [2.24, 2.45) is 0 Å². The van der Waals surface area contributed by atoms with Crippen molar-refractivity contribution in [2.45, 2.75) is 18.1 Å². The maximum absolute atomic E-state index is 13.9. The molecule has 0 radical (unpaired) electrons. The van der Waals surface area contributed by atoms with Crippen LogP contribution >= 0.6 is 0 Å². The lowest BCUT2D eigenvalue weighted by Gasteiger charge is -2.20. The second-order valence-corrected chi connectivity index (χ2v) is 7.50. The van der Waals surface area contributed by atoms with Crippen molar-refractivity contribution in [3.05, 3.63) is 89.2 Å². The fraction of sp³-hybridized carbons (Fsp3) is 0.208. The zero-order chi connectivity index (χ0) is 22.0. The third-order valence-electron chi connectivity index (χ3n) is 5.50. The van der Waals surface area contributed by atoms with Crippen LogP contribution in [0.2, 0.25) is 0 Å². The third-order valence-corrected chi connectivity index (χ3v) is 5.50. The number of aliphatic hydroxyl groups excluding tert-OH is 2. The Labute approximate surface area is 179 Å². The van der Waals surface area contributed by atoms with E-state index < -0.39 is 24.1 Å². The van der Waals surface area contributed by atoms with Crippen molar-refractivity contribution in [3.63, 3.8) is 0 Å². The van der Waals surface area contributed by atoms with Crippen molar-refractivity contribution in [1.29, 1.82) is 0 Å². The minimum absolute atomic E-state index is 0.0879. The van der Waals surface area contributed by atoms with Gasteiger partial charge in [-0.1, -0.05) is 48.5 Å². The lowest BCUT2D eigenvalue weighted by Crippen LogP contribution is -2.36. The zero-order valence-corrected chi connectivity index (χ0v) is 16.7. The molecule has 160 valence electrons. The van der Waals surface area contributed by atoms with Gasteiger partial charge in [0.25, 0.3) is 0 Å². The Morgan fingerprint density at radius 1 is 1.03 bits per heavy atom. The summed E-state index contributed by atoms with van der Waals surface area (Å²) in [6, 6.07) is 19.7. The molecule has 0 spiro atoms. The molecule has 0 bridgehead atoms. The molecule has 0 aromatic heterocycles. The van der Waals surface area contributed by atoms with Gasteiger partial charge < -0.3 is 26.0 Å². The van der Waals surface area contributed by atoms with Crippen LogP contribution in [0.5, 0.6) is 0 Å². The topological polar surface area (TPSA) is 105 Å². The number of fused-ring (bicyclic) bond motifs is 3. The Kier molecular flexibility index (Phi) is 5.88. The van der Waals surface area contributed by atoms with E-state index in [1.807, 2.05) is 48.5 Å². The molecule has 1 aliphatic rings. The van der Waals surface area contributed by atoms with Gasteiger partial charge in [0.1, 0.15) is 24.6 Å². The second-order valence-electron chi connectivity index (χ2n) is 7.50. The number of anilines is 1. The fourth-order valence-electron chi connectivity index (χ4n) is 3.95. The van der Waals surface area contributed by atoms with Crippen LogP contribution in [0.3, 0.4) is 0 Å². The van der Waals surface area contributed by atoms with Gasteiger partial charge in [0.05, 0.1) is 0 Å². The molecular formula is C24H23FN2O4.